The van der Waals surface area contributed by atoms with Crippen molar-refractivity contribution in [3.05, 3.63) is 82.9 Å². The summed E-state index contributed by atoms with van der Waals surface area (Å²) in [4.78, 5) is 51.1. The standard InChI is InChI=1S/C31H32F2N4O10S/c1-4-48(43,44)25-10-7-18(35-30(40)46-3)15-19(25)27-23(47-31(41)42)11-12-37(27)29(39)26(16-5-9-21(33)24(14-16)45-2)36-22-13-17(28(34)38)6-8-20(22)32/h5-10,13-15,23,26-27,36H,4,11-12H2,1-3H3,(H2,34,38)(H,35,40)(H,41,42)/t23-,26+,27-/m1/s1. The number of carbonyl (C=O) groups excluding carboxylic acids is 3. The molecule has 1 aliphatic heterocycles. The van der Waals surface area contributed by atoms with Crippen molar-refractivity contribution in [1.29, 1.82) is 0 Å². The minimum atomic E-state index is -4.02. The lowest BCUT2D eigenvalue weighted by Gasteiger charge is -2.33. The number of sulfone groups is 1. The number of nitrogens with one attached hydrogen (secondary N) is 2. The highest BCUT2D eigenvalue weighted by Gasteiger charge is 2.45. The van der Waals surface area contributed by atoms with E-state index in [2.05, 4.69) is 15.4 Å². The monoisotopic (exact) mass is 690 g/mol. The van der Waals surface area contributed by atoms with Crippen molar-refractivity contribution in [2.45, 2.75) is 36.4 Å². The van der Waals surface area contributed by atoms with Gasteiger partial charge in [-0.25, -0.2) is 26.8 Å². The average molecular weight is 691 g/mol. The third-order valence-electron chi connectivity index (χ3n) is 7.66. The van der Waals surface area contributed by atoms with Crippen LogP contribution in [0.5, 0.6) is 5.75 Å². The largest absolute Gasteiger partial charge is 0.506 e. The number of nitrogens with zero attached hydrogens (tertiary/aromatic N) is 1. The number of primary amides is 1. The smallest absolute Gasteiger partial charge is 0.494 e. The third kappa shape index (κ3) is 7.57. The molecule has 0 saturated carbocycles. The summed E-state index contributed by atoms with van der Waals surface area (Å²) < 4.78 is 70.9. The van der Waals surface area contributed by atoms with Crippen molar-refractivity contribution in [3.8, 4) is 5.75 Å². The van der Waals surface area contributed by atoms with Gasteiger partial charge in [-0.3, -0.25) is 14.9 Å². The molecule has 1 heterocycles. The van der Waals surface area contributed by atoms with Gasteiger partial charge in [0.15, 0.2) is 21.4 Å². The van der Waals surface area contributed by atoms with Gasteiger partial charge in [0.05, 0.1) is 36.6 Å². The molecule has 3 aromatic carbocycles. The van der Waals surface area contributed by atoms with Gasteiger partial charge in [0.2, 0.25) is 11.8 Å². The lowest BCUT2D eigenvalue weighted by Crippen LogP contribution is -2.40. The quantitative estimate of drug-likeness (QED) is 0.210. The summed E-state index contributed by atoms with van der Waals surface area (Å²) in [5.74, 6) is -4.02. The van der Waals surface area contributed by atoms with Crippen molar-refractivity contribution >= 4 is 45.3 Å². The third-order valence-corrected chi connectivity index (χ3v) is 9.46. The van der Waals surface area contributed by atoms with Crippen LogP contribution < -0.4 is 21.1 Å². The van der Waals surface area contributed by atoms with Gasteiger partial charge in [-0.05, 0) is 59.7 Å². The van der Waals surface area contributed by atoms with Crippen LogP contribution in [-0.2, 0) is 24.1 Å². The van der Waals surface area contributed by atoms with Crippen molar-refractivity contribution in [3.63, 3.8) is 0 Å². The van der Waals surface area contributed by atoms with E-state index in [1.807, 2.05) is 0 Å². The molecule has 17 heteroatoms. The molecule has 256 valence electrons. The molecule has 0 radical (unpaired) electrons. The van der Waals surface area contributed by atoms with Crippen molar-refractivity contribution < 1.29 is 55.7 Å². The average Bonchev–Trinajstić information content (AvgIpc) is 3.46. The second-order valence-electron chi connectivity index (χ2n) is 10.5. The predicted octanol–water partition coefficient (Wildman–Crippen LogP) is 4.23. The van der Waals surface area contributed by atoms with E-state index in [1.165, 1.54) is 44.4 Å². The van der Waals surface area contributed by atoms with Crippen LogP contribution in [0.1, 0.15) is 46.9 Å². The molecular formula is C31H32F2N4O10S. The molecule has 3 amide bonds. The molecular weight excluding hydrogens is 658 g/mol. The van der Waals surface area contributed by atoms with Gasteiger partial charge in [0, 0.05) is 24.2 Å². The van der Waals surface area contributed by atoms with Gasteiger partial charge >= 0.3 is 12.2 Å². The van der Waals surface area contributed by atoms with Crippen molar-refractivity contribution in [2.75, 3.05) is 37.2 Å². The fourth-order valence-corrected chi connectivity index (χ4v) is 6.48. The van der Waals surface area contributed by atoms with Crippen LogP contribution >= 0.6 is 0 Å². The molecule has 0 aromatic heterocycles. The molecule has 1 fully saturated rings. The maximum Gasteiger partial charge on any atom is 0.506 e. The minimum Gasteiger partial charge on any atom is -0.494 e. The number of halogens is 2. The molecule has 4 rings (SSSR count). The van der Waals surface area contributed by atoms with Crippen LogP contribution in [0, 0.1) is 11.6 Å². The summed E-state index contributed by atoms with van der Waals surface area (Å²) in [5, 5.41) is 14.7. The SMILES string of the molecule is CCS(=O)(=O)c1ccc(NC(=O)OC)cc1[C@@H]1[C@H](OC(=O)O)CCN1C(=O)[C@@H](Nc1cc(C(N)=O)ccc1F)c1ccc(F)c(OC)c1. The van der Waals surface area contributed by atoms with Crippen LogP contribution in [0.4, 0.5) is 29.7 Å². The molecule has 1 aliphatic rings. The highest BCUT2D eigenvalue weighted by molar-refractivity contribution is 7.91. The Morgan fingerprint density at radius 3 is 2.38 bits per heavy atom. The second kappa shape index (κ2) is 14.5. The summed E-state index contributed by atoms with van der Waals surface area (Å²) in [5.41, 5.74) is 4.98. The first-order chi connectivity index (χ1) is 22.7. The molecule has 3 atom stereocenters. The first-order valence-electron chi connectivity index (χ1n) is 14.3. The number of anilines is 2. The first-order valence-corrected chi connectivity index (χ1v) is 16.0. The maximum absolute atomic E-state index is 15.1. The Bertz CT molecular complexity index is 1860. The van der Waals surface area contributed by atoms with E-state index in [-0.39, 0.29) is 57.4 Å². The van der Waals surface area contributed by atoms with Gasteiger partial charge < -0.3 is 35.3 Å². The highest BCUT2D eigenvalue weighted by Crippen LogP contribution is 2.41. The predicted molar refractivity (Wildman–Crippen MR) is 166 cm³/mol. The number of methoxy groups -OCH3 is 2. The van der Waals surface area contributed by atoms with E-state index in [1.54, 1.807) is 0 Å². The molecule has 1 saturated heterocycles. The number of rotatable bonds is 11. The number of benzene rings is 3. The molecule has 5 N–H and O–H groups in total. The van der Waals surface area contributed by atoms with E-state index in [0.717, 1.165) is 36.3 Å². The summed E-state index contributed by atoms with van der Waals surface area (Å²) in [6.07, 6.45) is -3.98. The zero-order chi connectivity index (χ0) is 35.3. The number of carbonyl (C=O) groups is 4. The van der Waals surface area contributed by atoms with Crippen molar-refractivity contribution in [1.82, 2.24) is 4.90 Å². The molecule has 48 heavy (non-hydrogen) atoms. The van der Waals surface area contributed by atoms with E-state index in [9.17, 15) is 37.1 Å². The Morgan fingerprint density at radius 2 is 1.75 bits per heavy atom. The van der Waals surface area contributed by atoms with Crippen LogP contribution in [0.25, 0.3) is 0 Å². The van der Waals surface area contributed by atoms with Crippen LogP contribution in [0.2, 0.25) is 0 Å². The number of likely N-dealkylation sites (tertiary alicyclic amines) is 1. The lowest BCUT2D eigenvalue weighted by atomic mass is 9.99. The fraction of sp³-hybridized carbons (Fsp3) is 0.290. The second-order valence-corrected chi connectivity index (χ2v) is 12.7. The number of hydrogen-bond donors (Lipinski definition) is 4. The molecule has 0 bridgehead atoms. The van der Waals surface area contributed by atoms with E-state index >= 15 is 4.39 Å². The minimum absolute atomic E-state index is 0.0589. The summed E-state index contributed by atoms with van der Waals surface area (Å²) >= 11 is 0. The van der Waals surface area contributed by atoms with Crippen LogP contribution in [0.3, 0.4) is 0 Å². The summed E-state index contributed by atoms with van der Waals surface area (Å²) in [6.45, 7) is 1.21. The van der Waals surface area contributed by atoms with Gasteiger partial charge in [0.1, 0.15) is 18.0 Å². The number of carboxylic acid groups (broad SMARTS) is 1. The summed E-state index contributed by atoms with van der Waals surface area (Å²) in [7, 11) is -1.72. The van der Waals surface area contributed by atoms with E-state index in [0.29, 0.717) is 0 Å². The summed E-state index contributed by atoms with van der Waals surface area (Å²) in [6, 6.07) is 7.39. The van der Waals surface area contributed by atoms with Crippen LogP contribution in [-0.4, -0.2) is 75.1 Å². The Labute approximate surface area is 273 Å². The normalized spacial score (nSPS) is 16.5. The van der Waals surface area contributed by atoms with Gasteiger partial charge in [0.25, 0.3) is 0 Å². The van der Waals surface area contributed by atoms with Gasteiger partial charge in [-0.15, -0.1) is 0 Å². The highest BCUT2D eigenvalue weighted by atomic mass is 32.2. The number of ether oxygens (including phenoxy) is 3. The first kappa shape index (κ1) is 35.4. The number of nitrogens with two attached hydrogens (primary N) is 1. The molecule has 0 aliphatic carbocycles. The van der Waals surface area contributed by atoms with Crippen molar-refractivity contribution in [2.24, 2.45) is 5.73 Å². The Balaban J connectivity index is 1.92. The van der Waals surface area contributed by atoms with Crippen LogP contribution in [0.15, 0.2) is 59.5 Å². The zero-order valence-electron chi connectivity index (χ0n) is 25.9. The molecule has 0 unspecified atom stereocenters. The van der Waals surface area contributed by atoms with E-state index in [4.69, 9.17) is 15.2 Å². The molecule has 14 nitrogen and oxygen atoms in total. The van der Waals surface area contributed by atoms with E-state index < -0.39 is 63.7 Å². The zero-order valence-corrected chi connectivity index (χ0v) is 26.7. The van der Waals surface area contributed by atoms with Gasteiger partial charge in [-0.2, -0.15) is 0 Å². The number of amides is 3. The number of hydrogen-bond acceptors (Lipinski definition) is 10. The Morgan fingerprint density at radius 1 is 1.04 bits per heavy atom. The lowest BCUT2D eigenvalue weighted by molar-refractivity contribution is -0.134. The molecule has 3 aromatic rings. The molecule has 0 spiro atoms. The fourth-order valence-electron chi connectivity index (χ4n) is 5.35. The topological polar surface area (TPSA) is 204 Å². The Kier molecular flexibility index (Phi) is 10.7. The maximum atomic E-state index is 15.1. The van der Waals surface area contributed by atoms with Gasteiger partial charge in [-0.1, -0.05) is 13.0 Å². The Hall–Kier alpha value is -5.45.